The lowest BCUT2D eigenvalue weighted by Gasteiger charge is -2.16. The average molecular weight is 359 g/mol. The van der Waals surface area contributed by atoms with Gasteiger partial charge in [0.15, 0.2) is 5.69 Å². The predicted molar refractivity (Wildman–Crippen MR) is 97.0 cm³/mol. The first-order valence-electron chi connectivity index (χ1n) is 8.42. The lowest BCUT2D eigenvalue weighted by atomic mass is 10.2. The topological polar surface area (TPSA) is 80.6 Å². The summed E-state index contributed by atoms with van der Waals surface area (Å²) in [5.74, 6) is 0.509. The van der Waals surface area contributed by atoms with Gasteiger partial charge in [0.05, 0.1) is 12.8 Å². The highest BCUT2D eigenvalue weighted by molar-refractivity contribution is 5.91. The van der Waals surface area contributed by atoms with E-state index in [1.54, 1.807) is 26.0 Å². The molecule has 2 amide bonds. The van der Waals surface area contributed by atoms with Gasteiger partial charge in [0.2, 0.25) is 5.91 Å². The molecule has 0 aliphatic carbocycles. The van der Waals surface area contributed by atoms with E-state index in [9.17, 15) is 9.59 Å². The highest BCUT2D eigenvalue weighted by Crippen LogP contribution is 2.16. The summed E-state index contributed by atoms with van der Waals surface area (Å²) < 4.78 is 7.10. The predicted octanol–water partition coefficient (Wildman–Crippen LogP) is 1.22. The molecule has 0 aliphatic rings. The molecule has 0 N–H and O–H groups in total. The van der Waals surface area contributed by atoms with Crippen LogP contribution in [-0.2, 0) is 11.3 Å². The Kier molecular flexibility index (Phi) is 6.71. The van der Waals surface area contributed by atoms with Gasteiger partial charge in [0.1, 0.15) is 12.3 Å². The molecule has 0 saturated carbocycles. The second kappa shape index (κ2) is 8.98. The number of rotatable bonds is 8. The molecule has 8 heteroatoms. The number of para-hydroxylation sites is 1. The molecule has 0 unspecified atom stereocenters. The maximum Gasteiger partial charge on any atom is 0.275 e. The number of aryl methyl sites for hydroxylation is 1. The minimum absolute atomic E-state index is 0.0568. The highest BCUT2D eigenvalue weighted by Gasteiger charge is 2.16. The Hall–Kier alpha value is -2.90. The van der Waals surface area contributed by atoms with Gasteiger partial charge in [-0.25, -0.2) is 4.68 Å². The van der Waals surface area contributed by atoms with Gasteiger partial charge in [0, 0.05) is 27.7 Å². The van der Waals surface area contributed by atoms with Crippen molar-refractivity contribution in [3.05, 3.63) is 41.7 Å². The number of aromatic nitrogens is 3. The second-order valence-electron chi connectivity index (χ2n) is 6.28. The number of ether oxygens (including phenoxy) is 1. The number of hydrogen-bond acceptors (Lipinski definition) is 5. The van der Waals surface area contributed by atoms with Gasteiger partial charge in [0.25, 0.3) is 5.91 Å². The van der Waals surface area contributed by atoms with Crippen LogP contribution in [0.1, 0.15) is 22.5 Å². The average Bonchev–Trinajstić information content (AvgIpc) is 3.07. The number of hydrogen-bond donors (Lipinski definition) is 0. The van der Waals surface area contributed by atoms with E-state index in [0.29, 0.717) is 19.6 Å². The fourth-order valence-electron chi connectivity index (χ4n) is 2.25. The number of carbonyl (C=O) groups is 2. The summed E-state index contributed by atoms with van der Waals surface area (Å²) >= 11 is 0. The highest BCUT2D eigenvalue weighted by atomic mass is 16.5. The van der Waals surface area contributed by atoms with Crippen molar-refractivity contribution >= 4 is 11.8 Å². The zero-order valence-electron chi connectivity index (χ0n) is 15.7. The number of likely N-dealkylation sites (N-methyl/N-ethyl adjacent to an activating group) is 1. The van der Waals surface area contributed by atoms with Crippen molar-refractivity contribution in [2.45, 2.75) is 19.9 Å². The monoisotopic (exact) mass is 359 g/mol. The van der Waals surface area contributed by atoms with Gasteiger partial charge >= 0.3 is 0 Å². The Bertz CT molecular complexity index is 757. The van der Waals surface area contributed by atoms with Crippen molar-refractivity contribution in [3.63, 3.8) is 0 Å². The fourth-order valence-corrected chi connectivity index (χ4v) is 2.25. The summed E-state index contributed by atoms with van der Waals surface area (Å²) in [6.07, 6.45) is 2.19. The summed E-state index contributed by atoms with van der Waals surface area (Å²) in [5.41, 5.74) is 1.31. The molecule has 140 valence electrons. The molecule has 2 aromatic rings. The Balaban J connectivity index is 1.79. The third kappa shape index (κ3) is 5.30. The molecule has 0 saturated heterocycles. The van der Waals surface area contributed by atoms with Crippen LogP contribution in [0.3, 0.4) is 0 Å². The first-order valence-corrected chi connectivity index (χ1v) is 8.42. The zero-order valence-corrected chi connectivity index (χ0v) is 15.7. The minimum atomic E-state index is -0.232. The van der Waals surface area contributed by atoms with Crippen LogP contribution in [0.15, 0.2) is 30.5 Å². The van der Waals surface area contributed by atoms with Crippen molar-refractivity contribution in [2.24, 2.45) is 0 Å². The normalized spacial score (nSPS) is 10.5. The molecule has 0 atom stereocenters. The lowest BCUT2D eigenvalue weighted by molar-refractivity contribution is -0.129. The van der Waals surface area contributed by atoms with E-state index in [1.165, 1.54) is 15.8 Å². The van der Waals surface area contributed by atoms with Gasteiger partial charge in [-0.3, -0.25) is 9.59 Å². The van der Waals surface area contributed by atoms with E-state index in [0.717, 1.165) is 11.3 Å². The van der Waals surface area contributed by atoms with Gasteiger partial charge in [-0.15, -0.1) is 5.10 Å². The molecular formula is C18H25N5O3. The van der Waals surface area contributed by atoms with Crippen molar-refractivity contribution in [1.29, 1.82) is 0 Å². The van der Waals surface area contributed by atoms with E-state index < -0.39 is 0 Å². The van der Waals surface area contributed by atoms with Gasteiger partial charge in [-0.1, -0.05) is 23.4 Å². The Labute approximate surface area is 153 Å². The van der Waals surface area contributed by atoms with Crippen LogP contribution in [-0.4, -0.2) is 70.9 Å². The molecule has 2 rings (SSSR count). The SMILES string of the molecule is Cc1ccccc1OCCCN(C)C(=O)c1cn(CC(=O)N(C)C)nn1. The third-order valence-corrected chi connectivity index (χ3v) is 3.89. The first-order chi connectivity index (χ1) is 12.4. The van der Waals surface area contributed by atoms with Crippen molar-refractivity contribution in [1.82, 2.24) is 24.8 Å². The molecule has 26 heavy (non-hydrogen) atoms. The van der Waals surface area contributed by atoms with E-state index in [-0.39, 0.29) is 24.1 Å². The molecular weight excluding hydrogens is 334 g/mol. The Morgan fingerprint density at radius 2 is 1.92 bits per heavy atom. The smallest absolute Gasteiger partial charge is 0.275 e. The largest absolute Gasteiger partial charge is 0.493 e. The second-order valence-corrected chi connectivity index (χ2v) is 6.28. The molecule has 0 spiro atoms. The molecule has 8 nitrogen and oxygen atoms in total. The van der Waals surface area contributed by atoms with Gasteiger partial charge in [-0.2, -0.15) is 0 Å². The maximum absolute atomic E-state index is 12.4. The van der Waals surface area contributed by atoms with Crippen LogP contribution >= 0.6 is 0 Å². The number of benzene rings is 1. The Morgan fingerprint density at radius 1 is 1.19 bits per heavy atom. The van der Waals surface area contributed by atoms with Crippen molar-refractivity contribution in [2.75, 3.05) is 34.3 Å². The van der Waals surface area contributed by atoms with Crippen molar-refractivity contribution < 1.29 is 14.3 Å². The zero-order chi connectivity index (χ0) is 19.1. The molecule has 1 aromatic heterocycles. The number of amides is 2. The molecule has 0 aliphatic heterocycles. The molecule has 0 bridgehead atoms. The number of carbonyl (C=O) groups excluding carboxylic acids is 2. The molecule has 0 fully saturated rings. The molecule has 1 aromatic carbocycles. The van der Waals surface area contributed by atoms with Crippen LogP contribution in [0.5, 0.6) is 5.75 Å². The van der Waals surface area contributed by atoms with Crippen molar-refractivity contribution in [3.8, 4) is 5.75 Å². The van der Waals surface area contributed by atoms with Gasteiger partial charge < -0.3 is 14.5 Å². The Morgan fingerprint density at radius 3 is 2.62 bits per heavy atom. The summed E-state index contributed by atoms with van der Waals surface area (Å²) in [4.78, 5) is 27.1. The van der Waals surface area contributed by atoms with Crippen LogP contribution in [0, 0.1) is 6.92 Å². The maximum atomic E-state index is 12.4. The van der Waals surface area contributed by atoms with Crippen LogP contribution in [0.4, 0.5) is 0 Å². The number of nitrogens with zero attached hydrogens (tertiary/aromatic N) is 5. The van der Waals surface area contributed by atoms with Crippen LogP contribution in [0.25, 0.3) is 0 Å². The van der Waals surface area contributed by atoms with Crippen LogP contribution < -0.4 is 4.74 Å². The minimum Gasteiger partial charge on any atom is -0.493 e. The van der Waals surface area contributed by atoms with E-state index >= 15 is 0 Å². The summed E-state index contributed by atoms with van der Waals surface area (Å²) in [5, 5.41) is 7.69. The van der Waals surface area contributed by atoms with Gasteiger partial charge in [-0.05, 0) is 25.0 Å². The third-order valence-electron chi connectivity index (χ3n) is 3.89. The lowest BCUT2D eigenvalue weighted by Crippen LogP contribution is -2.29. The van der Waals surface area contributed by atoms with E-state index in [4.69, 9.17) is 4.74 Å². The fraction of sp³-hybridized carbons (Fsp3) is 0.444. The quantitative estimate of drug-likeness (QED) is 0.662. The van der Waals surface area contributed by atoms with Crippen LogP contribution in [0.2, 0.25) is 0 Å². The first kappa shape index (κ1) is 19.4. The summed E-state index contributed by atoms with van der Waals surface area (Å²) in [7, 11) is 5.04. The summed E-state index contributed by atoms with van der Waals surface area (Å²) in [6, 6.07) is 7.82. The van der Waals surface area contributed by atoms with E-state index in [1.807, 2.05) is 31.2 Å². The molecule has 1 heterocycles. The summed E-state index contributed by atoms with van der Waals surface area (Å²) in [6.45, 7) is 3.11. The molecule has 0 radical (unpaired) electrons. The standard InChI is InChI=1S/C18H25N5O3/c1-14-8-5-6-9-16(14)26-11-7-10-22(4)18(25)15-12-23(20-19-15)13-17(24)21(2)3/h5-6,8-9,12H,7,10-11,13H2,1-4H3. The van der Waals surface area contributed by atoms with E-state index in [2.05, 4.69) is 10.3 Å².